The molecule has 16 heavy (non-hydrogen) atoms. The standard InChI is InChI=1S/C12H17ClN2O/c1-16-11-4-5-15(8-11)7-9-6-10(14)2-3-12(9)13/h2-3,6,11H,4-5,7-8,14H2,1H3. The van der Waals surface area contributed by atoms with Gasteiger partial charge in [-0.1, -0.05) is 11.6 Å². The number of hydrogen-bond acceptors (Lipinski definition) is 3. The zero-order valence-electron chi connectivity index (χ0n) is 9.45. The Hall–Kier alpha value is -0.770. The Balaban J connectivity index is 2.01. The molecule has 1 aliphatic heterocycles. The van der Waals surface area contributed by atoms with Gasteiger partial charge in [-0.3, -0.25) is 4.90 Å². The highest BCUT2D eigenvalue weighted by Gasteiger charge is 2.22. The summed E-state index contributed by atoms with van der Waals surface area (Å²) < 4.78 is 5.33. The van der Waals surface area contributed by atoms with Crippen LogP contribution in [0.2, 0.25) is 5.02 Å². The van der Waals surface area contributed by atoms with Gasteiger partial charge >= 0.3 is 0 Å². The molecule has 2 rings (SSSR count). The Morgan fingerprint density at radius 2 is 2.38 bits per heavy atom. The topological polar surface area (TPSA) is 38.5 Å². The van der Waals surface area contributed by atoms with E-state index in [0.717, 1.165) is 42.3 Å². The van der Waals surface area contributed by atoms with E-state index in [4.69, 9.17) is 22.1 Å². The molecule has 0 bridgehead atoms. The number of halogens is 1. The molecule has 3 nitrogen and oxygen atoms in total. The van der Waals surface area contributed by atoms with E-state index < -0.39 is 0 Å². The molecule has 0 amide bonds. The smallest absolute Gasteiger partial charge is 0.0710 e. The van der Waals surface area contributed by atoms with E-state index in [-0.39, 0.29) is 0 Å². The summed E-state index contributed by atoms with van der Waals surface area (Å²) in [5, 5.41) is 0.787. The van der Waals surface area contributed by atoms with Crippen molar-refractivity contribution in [2.45, 2.75) is 19.1 Å². The lowest BCUT2D eigenvalue weighted by Gasteiger charge is -2.16. The predicted octanol–water partition coefficient (Wildman–Crippen LogP) is 2.14. The van der Waals surface area contributed by atoms with Gasteiger partial charge in [0.25, 0.3) is 0 Å². The monoisotopic (exact) mass is 240 g/mol. The number of rotatable bonds is 3. The first kappa shape index (κ1) is 11.7. The minimum atomic E-state index is 0.361. The zero-order chi connectivity index (χ0) is 11.5. The summed E-state index contributed by atoms with van der Waals surface area (Å²) in [7, 11) is 1.77. The molecule has 0 saturated carbocycles. The van der Waals surface area contributed by atoms with Gasteiger partial charge in [0, 0.05) is 37.5 Å². The predicted molar refractivity (Wildman–Crippen MR) is 66.6 cm³/mol. The van der Waals surface area contributed by atoms with Crippen LogP contribution < -0.4 is 5.73 Å². The largest absolute Gasteiger partial charge is 0.399 e. The second-order valence-corrected chi connectivity index (χ2v) is 4.64. The molecular formula is C12H17ClN2O. The number of anilines is 1. The number of ether oxygens (including phenoxy) is 1. The van der Waals surface area contributed by atoms with E-state index in [9.17, 15) is 0 Å². The maximum Gasteiger partial charge on any atom is 0.0710 e. The van der Waals surface area contributed by atoms with Crippen LogP contribution in [0, 0.1) is 0 Å². The van der Waals surface area contributed by atoms with Gasteiger partial charge < -0.3 is 10.5 Å². The lowest BCUT2D eigenvalue weighted by molar-refractivity contribution is 0.107. The van der Waals surface area contributed by atoms with Crippen molar-refractivity contribution < 1.29 is 4.74 Å². The summed E-state index contributed by atoms with van der Waals surface area (Å²) in [5.74, 6) is 0. The molecule has 1 fully saturated rings. The minimum absolute atomic E-state index is 0.361. The molecular weight excluding hydrogens is 224 g/mol. The second-order valence-electron chi connectivity index (χ2n) is 4.23. The average molecular weight is 241 g/mol. The van der Waals surface area contributed by atoms with Gasteiger partial charge in [-0.05, 0) is 30.2 Å². The molecule has 1 aromatic carbocycles. The molecule has 2 N–H and O–H groups in total. The van der Waals surface area contributed by atoms with Crippen LogP contribution >= 0.6 is 11.6 Å². The van der Waals surface area contributed by atoms with Crippen molar-refractivity contribution in [3.05, 3.63) is 28.8 Å². The third-order valence-corrected chi connectivity index (χ3v) is 3.39. The Bertz CT molecular complexity index is 370. The quantitative estimate of drug-likeness (QED) is 0.823. The summed E-state index contributed by atoms with van der Waals surface area (Å²) >= 11 is 6.13. The van der Waals surface area contributed by atoms with Crippen LogP contribution in [0.1, 0.15) is 12.0 Å². The molecule has 1 atom stereocenters. The van der Waals surface area contributed by atoms with Crippen molar-refractivity contribution in [1.82, 2.24) is 4.90 Å². The van der Waals surface area contributed by atoms with Crippen molar-refractivity contribution in [2.24, 2.45) is 0 Å². The van der Waals surface area contributed by atoms with Crippen molar-refractivity contribution in [1.29, 1.82) is 0 Å². The average Bonchev–Trinajstić information content (AvgIpc) is 2.71. The third-order valence-electron chi connectivity index (χ3n) is 3.03. The normalized spacial score (nSPS) is 21.5. The van der Waals surface area contributed by atoms with Crippen molar-refractivity contribution in [2.75, 3.05) is 25.9 Å². The molecule has 4 heteroatoms. The number of benzene rings is 1. The summed E-state index contributed by atoms with van der Waals surface area (Å²) in [6, 6.07) is 5.63. The van der Waals surface area contributed by atoms with Gasteiger partial charge in [0.2, 0.25) is 0 Å². The van der Waals surface area contributed by atoms with Gasteiger partial charge in [-0.25, -0.2) is 0 Å². The van der Waals surface area contributed by atoms with Crippen LogP contribution in [0.4, 0.5) is 5.69 Å². The Labute approximate surface area is 101 Å². The van der Waals surface area contributed by atoms with E-state index in [2.05, 4.69) is 4.90 Å². The van der Waals surface area contributed by atoms with Gasteiger partial charge in [0.15, 0.2) is 0 Å². The zero-order valence-corrected chi connectivity index (χ0v) is 10.2. The molecule has 1 heterocycles. The number of likely N-dealkylation sites (tertiary alicyclic amines) is 1. The Morgan fingerprint density at radius 3 is 3.06 bits per heavy atom. The Morgan fingerprint density at radius 1 is 1.56 bits per heavy atom. The molecule has 0 spiro atoms. The first-order valence-corrected chi connectivity index (χ1v) is 5.86. The molecule has 1 unspecified atom stereocenters. The third kappa shape index (κ3) is 2.67. The van der Waals surface area contributed by atoms with E-state index in [0.29, 0.717) is 6.10 Å². The lowest BCUT2D eigenvalue weighted by atomic mass is 10.2. The van der Waals surface area contributed by atoms with Gasteiger partial charge in [0.1, 0.15) is 0 Å². The van der Waals surface area contributed by atoms with Crippen LogP contribution in [0.3, 0.4) is 0 Å². The Kier molecular flexibility index (Phi) is 3.69. The van der Waals surface area contributed by atoms with Crippen LogP contribution in [0.15, 0.2) is 18.2 Å². The molecule has 1 aliphatic rings. The molecule has 0 aromatic heterocycles. The fourth-order valence-corrected chi connectivity index (χ4v) is 2.27. The highest BCUT2D eigenvalue weighted by atomic mass is 35.5. The van der Waals surface area contributed by atoms with Crippen LogP contribution in [0.5, 0.6) is 0 Å². The molecule has 0 aliphatic carbocycles. The molecule has 0 radical (unpaired) electrons. The van der Waals surface area contributed by atoms with E-state index in [1.165, 1.54) is 0 Å². The van der Waals surface area contributed by atoms with Crippen LogP contribution in [-0.2, 0) is 11.3 Å². The number of nitrogens with two attached hydrogens (primary N) is 1. The number of nitrogen functional groups attached to an aromatic ring is 1. The van der Waals surface area contributed by atoms with Crippen LogP contribution in [-0.4, -0.2) is 31.2 Å². The molecule has 1 saturated heterocycles. The summed E-state index contributed by atoms with van der Waals surface area (Å²) in [4.78, 5) is 2.34. The van der Waals surface area contributed by atoms with Gasteiger partial charge in [0.05, 0.1) is 6.10 Å². The minimum Gasteiger partial charge on any atom is -0.399 e. The molecule has 1 aromatic rings. The van der Waals surface area contributed by atoms with Crippen molar-refractivity contribution >= 4 is 17.3 Å². The lowest BCUT2D eigenvalue weighted by Crippen LogP contribution is -2.22. The number of methoxy groups -OCH3 is 1. The maximum absolute atomic E-state index is 6.13. The summed E-state index contributed by atoms with van der Waals surface area (Å²) in [6.45, 7) is 2.88. The first-order valence-electron chi connectivity index (χ1n) is 5.48. The number of hydrogen-bond donors (Lipinski definition) is 1. The summed E-state index contributed by atoms with van der Waals surface area (Å²) in [6.07, 6.45) is 1.45. The van der Waals surface area contributed by atoms with Gasteiger partial charge in [-0.2, -0.15) is 0 Å². The first-order chi connectivity index (χ1) is 7.69. The van der Waals surface area contributed by atoms with E-state index in [1.54, 1.807) is 7.11 Å². The summed E-state index contributed by atoms with van der Waals surface area (Å²) in [5.41, 5.74) is 7.61. The fraction of sp³-hybridized carbons (Fsp3) is 0.500. The van der Waals surface area contributed by atoms with Crippen molar-refractivity contribution in [3.63, 3.8) is 0 Å². The fourth-order valence-electron chi connectivity index (χ4n) is 2.09. The number of nitrogens with zero attached hydrogens (tertiary/aromatic N) is 1. The van der Waals surface area contributed by atoms with Crippen molar-refractivity contribution in [3.8, 4) is 0 Å². The highest BCUT2D eigenvalue weighted by Crippen LogP contribution is 2.22. The highest BCUT2D eigenvalue weighted by molar-refractivity contribution is 6.31. The van der Waals surface area contributed by atoms with Crippen LogP contribution in [0.25, 0.3) is 0 Å². The van der Waals surface area contributed by atoms with E-state index >= 15 is 0 Å². The van der Waals surface area contributed by atoms with Gasteiger partial charge in [-0.15, -0.1) is 0 Å². The maximum atomic E-state index is 6.13. The second kappa shape index (κ2) is 5.04. The SMILES string of the molecule is COC1CCN(Cc2cc(N)ccc2Cl)C1. The van der Waals surface area contributed by atoms with E-state index in [1.807, 2.05) is 18.2 Å². The molecule has 88 valence electrons.